The van der Waals surface area contributed by atoms with E-state index in [-0.39, 0.29) is 11.8 Å². The van der Waals surface area contributed by atoms with Crippen LogP contribution in [0.4, 0.5) is 0 Å². The van der Waals surface area contributed by atoms with Crippen LogP contribution in [0.15, 0.2) is 6.33 Å². The molecular formula is C7H11ClN4O. The van der Waals surface area contributed by atoms with Gasteiger partial charge in [-0.1, -0.05) is 0 Å². The van der Waals surface area contributed by atoms with E-state index in [1.165, 1.54) is 0 Å². The zero-order valence-electron chi connectivity index (χ0n) is 7.33. The maximum absolute atomic E-state index is 10.7. The largest absolute Gasteiger partial charge is 0.355 e. The first-order chi connectivity index (χ1) is 6.22. The van der Waals surface area contributed by atoms with E-state index in [9.17, 15) is 4.79 Å². The summed E-state index contributed by atoms with van der Waals surface area (Å²) in [6.07, 6.45) is 2.25. The van der Waals surface area contributed by atoms with Crippen molar-refractivity contribution >= 4 is 17.5 Å². The number of hydrogen-bond donors (Lipinski definition) is 1. The minimum Gasteiger partial charge on any atom is -0.355 e. The number of rotatable bonds is 4. The smallest absolute Gasteiger partial charge is 0.234 e. The Morgan fingerprint density at radius 1 is 1.77 bits per heavy atom. The number of aromatic nitrogens is 3. The summed E-state index contributed by atoms with van der Waals surface area (Å²) >= 11 is 5.29. The minimum absolute atomic E-state index is 0.00432. The van der Waals surface area contributed by atoms with E-state index in [1.54, 1.807) is 18.1 Å². The molecular weight excluding hydrogens is 192 g/mol. The molecule has 6 heteroatoms. The normalized spacial score (nSPS) is 10.0. The topological polar surface area (TPSA) is 59.8 Å². The van der Waals surface area contributed by atoms with Gasteiger partial charge in [-0.25, -0.2) is 4.98 Å². The highest BCUT2D eigenvalue weighted by Gasteiger charge is 2.00. The molecule has 0 aliphatic rings. The Bertz CT molecular complexity index is 286. The van der Waals surface area contributed by atoms with E-state index < -0.39 is 0 Å². The molecule has 72 valence electrons. The quantitative estimate of drug-likeness (QED) is 0.683. The summed E-state index contributed by atoms with van der Waals surface area (Å²) in [5, 5.41) is 6.68. The highest BCUT2D eigenvalue weighted by atomic mass is 35.5. The van der Waals surface area contributed by atoms with Gasteiger partial charge in [0.15, 0.2) is 5.82 Å². The molecule has 1 heterocycles. The van der Waals surface area contributed by atoms with Gasteiger partial charge in [-0.2, -0.15) is 5.10 Å². The van der Waals surface area contributed by atoms with Crippen LogP contribution in [-0.2, 0) is 18.3 Å². The zero-order chi connectivity index (χ0) is 9.68. The molecule has 0 unspecified atom stereocenters. The Morgan fingerprint density at radius 2 is 2.54 bits per heavy atom. The SMILES string of the molecule is Cn1cnc(CCNC(=O)CCl)n1. The summed E-state index contributed by atoms with van der Waals surface area (Å²) in [7, 11) is 1.80. The Hall–Kier alpha value is -1.10. The molecule has 0 saturated carbocycles. The maximum atomic E-state index is 10.7. The summed E-state index contributed by atoms with van der Waals surface area (Å²) in [6.45, 7) is 0.523. The summed E-state index contributed by atoms with van der Waals surface area (Å²) < 4.78 is 1.62. The summed E-state index contributed by atoms with van der Waals surface area (Å²) in [4.78, 5) is 14.7. The van der Waals surface area contributed by atoms with E-state index in [0.29, 0.717) is 13.0 Å². The molecule has 0 radical (unpaired) electrons. The van der Waals surface area contributed by atoms with E-state index in [2.05, 4.69) is 15.4 Å². The van der Waals surface area contributed by atoms with Gasteiger partial charge in [-0.15, -0.1) is 11.6 Å². The summed E-state index contributed by atoms with van der Waals surface area (Å²) in [5.41, 5.74) is 0. The molecule has 1 N–H and O–H groups in total. The molecule has 0 aliphatic heterocycles. The van der Waals surface area contributed by atoms with Gasteiger partial charge >= 0.3 is 0 Å². The third-order valence-corrected chi connectivity index (χ3v) is 1.68. The summed E-state index contributed by atoms with van der Waals surface area (Å²) in [5.74, 6) is 0.547. The Balaban J connectivity index is 2.24. The van der Waals surface area contributed by atoms with Crippen LogP contribution in [0.2, 0.25) is 0 Å². The first-order valence-electron chi connectivity index (χ1n) is 3.89. The number of carbonyl (C=O) groups excluding carboxylic acids is 1. The van der Waals surface area contributed by atoms with Crippen molar-refractivity contribution in [3.05, 3.63) is 12.2 Å². The van der Waals surface area contributed by atoms with Gasteiger partial charge in [-0.3, -0.25) is 9.48 Å². The minimum atomic E-state index is -0.169. The molecule has 0 fully saturated rings. The monoisotopic (exact) mass is 202 g/mol. The van der Waals surface area contributed by atoms with Crippen molar-refractivity contribution in [2.24, 2.45) is 7.05 Å². The Morgan fingerprint density at radius 3 is 3.08 bits per heavy atom. The fourth-order valence-electron chi connectivity index (χ4n) is 0.859. The lowest BCUT2D eigenvalue weighted by molar-refractivity contribution is -0.118. The van der Waals surface area contributed by atoms with Crippen LogP contribution in [0.1, 0.15) is 5.82 Å². The average Bonchev–Trinajstić information content (AvgIpc) is 2.51. The third kappa shape index (κ3) is 3.42. The standard InChI is InChI=1S/C7H11ClN4O/c1-12-5-10-6(11-12)2-3-9-7(13)4-8/h5H,2-4H2,1H3,(H,9,13). The Labute approximate surface area is 81.1 Å². The van der Waals surface area contributed by atoms with Gasteiger partial charge in [0.25, 0.3) is 0 Å². The van der Waals surface area contributed by atoms with Crippen molar-refractivity contribution in [3.63, 3.8) is 0 Å². The molecule has 0 aromatic carbocycles. The molecule has 0 atom stereocenters. The van der Waals surface area contributed by atoms with Crippen LogP contribution in [-0.4, -0.2) is 33.1 Å². The lowest BCUT2D eigenvalue weighted by Crippen LogP contribution is -2.26. The van der Waals surface area contributed by atoms with E-state index in [1.807, 2.05) is 0 Å². The molecule has 5 nitrogen and oxygen atoms in total. The highest BCUT2D eigenvalue weighted by Crippen LogP contribution is 1.88. The lowest BCUT2D eigenvalue weighted by Gasteiger charge is -1.98. The van der Waals surface area contributed by atoms with Crippen LogP contribution >= 0.6 is 11.6 Å². The average molecular weight is 203 g/mol. The number of halogens is 1. The van der Waals surface area contributed by atoms with E-state index in [4.69, 9.17) is 11.6 Å². The van der Waals surface area contributed by atoms with Crippen LogP contribution in [0, 0.1) is 0 Å². The first-order valence-corrected chi connectivity index (χ1v) is 4.43. The second-order valence-electron chi connectivity index (χ2n) is 2.57. The van der Waals surface area contributed by atoms with Crippen molar-refractivity contribution < 1.29 is 4.79 Å². The van der Waals surface area contributed by atoms with Gasteiger partial charge in [0, 0.05) is 20.0 Å². The number of amides is 1. The van der Waals surface area contributed by atoms with Crippen molar-refractivity contribution in [2.45, 2.75) is 6.42 Å². The second-order valence-corrected chi connectivity index (χ2v) is 2.84. The van der Waals surface area contributed by atoms with Gasteiger partial charge in [0.2, 0.25) is 5.91 Å². The van der Waals surface area contributed by atoms with Crippen molar-refractivity contribution in [2.75, 3.05) is 12.4 Å². The highest BCUT2D eigenvalue weighted by molar-refractivity contribution is 6.27. The van der Waals surface area contributed by atoms with Crippen LogP contribution in [0.25, 0.3) is 0 Å². The molecule has 0 aliphatic carbocycles. The van der Waals surface area contributed by atoms with Crippen LogP contribution in [0.5, 0.6) is 0 Å². The number of nitrogens with zero attached hydrogens (tertiary/aromatic N) is 3. The number of carbonyl (C=O) groups is 1. The molecule has 1 aromatic heterocycles. The lowest BCUT2D eigenvalue weighted by atomic mass is 10.4. The number of nitrogens with one attached hydrogen (secondary N) is 1. The first kappa shape index (κ1) is 9.98. The number of aryl methyl sites for hydroxylation is 1. The fraction of sp³-hybridized carbons (Fsp3) is 0.571. The second kappa shape index (κ2) is 4.81. The predicted octanol–water partition coefficient (Wildman–Crippen LogP) is -0.287. The van der Waals surface area contributed by atoms with Crippen molar-refractivity contribution in [1.29, 1.82) is 0 Å². The van der Waals surface area contributed by atoms with E-state index >= 15 is 0 Å². The van der Waals surface area contributed by atoms with Crippen LogP contribution in [0.3, 0.4) is 0 Å². The molecule has 1 aromatic rings. The summed E-state index contributed by atoms with van der Waals surface area (Å²) in [6, 6.07) is 0. The molecule has 1 rings (SSSR count). The van der Waals surface area contributed by atoms with Crippen LogP contribution < -0.4 is 5.32 Å². The predicted molar refractivity (Wildman–Crippen MR) is 48.4 cm³/mol. The fourth-order valence-corrected chi connectivity index (χ4v) is 0.954. The Kier molecular flexibility index (Phi) is 3.70. The van der Waals surface area contributed by atoms with Gasteiger partial charge in [-0.05, 0) is 0 Å². The molecule has 0 bridgehead atoms. The zero-order valence-corrected chi connectivity index (χ0v) is 8.08. The van der Waals surface area contributed by atoms with Crippen molar-refractivity contribution in [3.8, 4) is 0 Å². The molecule has 0 saturated heterocycles. The van der Waals surface area contributed by atoms with Gasteiger partial charge in [0.05, 0.1) is 0 Å². The van der Waals surface area contributed by atoms with Gasteiger partial charge in [0.1, 0.15) is 12.2 Å². The van der Waals surface area contributed by atoms with Crippen molar-refractivity contribution in [1.82, 2.24) is 20.1 Å². The van der Waals surface area contributed by atoms with Gasteiger partial charge < -0.3 is 5.32 Å². The number of hydrogen-bond acceptors (Lipinski definition) is 3. The third-order valence-electron chi connectivity index (χ3n) is 1.44. The number of alkyl halides is 1. The molecule has 0 spiro atoms. The molecule has 1 amide bonds. The molecule has 13 heavy (non-hydrogen) atoms. The maximum Gasteiger partial charge on any atom is 0.234 e. The van der Waals surface area contributed by atoms with E-state index in [0.717, 1.165) is 5.82 Å².